The molecule has 1 aromatic carbocycles. The van der Waals surface area contributed by atoms with E-state index < -0.39 is 16.6 Å². The molecule has 0 fully saturated rings. The SMILES string of the molecule is NC(=O)Cc1cccc(C[SH](=O)=O)c1. The third-order valence-electron chi connectivity index (χ3n) is 1.68. The number of carbonyl (C=O) groups is 1. The molecule has 0 unspecified atom stereocenters. The average molecular weight is 213 g/mol. The first-order valence-electron chi connectivity index (χ1n) is 4.06. The molecule has 0 saturated carbocycles. The molecule has 0 aromatic heterocycles. The Morgan fingerprint density at radius 3 is 2.50 bits per heavy atom. The van der Waals surface area contributed by atoms with Crippen LogP contribution in [0.15, 0.2) is 24.3 Å². The molecule has 0 saturated heterocycles. The molecule has 76 valence electrons. The van der Waals surface area contributed by atoms with Gasteiger partial charge in [0.05, 0.1) is 12.2 Å². The highest BCUT2D eigenvalue weighted by atomic mass is 32.2. The smallest absolute Gasteiger partial charge is 0.221 e. The van der Waals surface area contributed by atoms with Gasteiger partial charge in [-0.25, -0.2) is 8.42 Å². The molecule has 4 nitrogen and oxygen atoms in total. The third kappa shape index (κ3) is 3.57. The summed E-state index contributed by atoms with van der Waals surface area (Å²) in [5, 5.41) is 0. The maximum absolute atomic E-state index is 10.6. The molecule has 0 aliphatic heterocycles. The van der Waals surface area contributed by atoms with Gasteiger partial charge in [-0.3, -0.25) is 4.79 Å². The van der Waals surface area contributed by atoms with Crippen molar-refractivity contribution in [2.24, 2.45) is 5.73 Å². The van der Waals surface area contributed by atoms with Crippen LogP contribution in [0.1, 0.15) is 11.1 Å². The van der Waals surface area contributed by atoms with E-state index in [1.54, 1.807) is 24.3 Å². The topological polar surface area (TPSA) is 77.2 Å². The summed E-state index contributed by atoms with van der Waals surface area (Å²) in [4.78, 5) is 10.6. The predicted molar refractivity (Wildman–Crippen MR) is 53.4 cm³/mol. The summed E-state index contributed by atoms with van der Waals surface area (Å²) in [6.45, 7) is 0. The quantitative estimate of drug-likeness (QED) is 0.681. The molecular formula is C9H11NO3S. The number of hydrogen-bond donors (Lipinski definition) is 2. The van der Waals surface area contributed by atoms with E-state index in [4.69, 9.17) is 5.73 Å². The van der Waals surface area contributed by atoms with Crippen LogP contribution in [0.5, 0.6) is 0 Å². The largest absolute Gasteiger partial charge is 0.369 e. The maximum Gasteiger partial charge on any atom is 0.221 e. The fraction of sp³-hybridized carbons (Fsp3) is 0.222. The molecule has 1 aromatic rings. The summed E-state index contributed by atoms with van der Waals surface area (Å²) in [7, 11) is -2.43. The van der Waals surface area contributed by atoms with Crippen LogP contribution in [0.3, 0.4) is 0 Å². The molecule has 2 N–H and O–H groups in total. The number of rotatable bonds is 4. The summed E-state index contributed by atoms with van der Waals surface area (Å²) in [6.07, 6.45) is 0.142. The lowest BCUT2D eigenvalue weighted by molar-refractivity contribution is -0.117. The second-order valence-corrected chi connectivity index (χ2v) is 3.94. The minimum Gasteiger partial charge on any atom is -0.369 e. The highest BCUT2D eigenvalue weighted by Crippen LogP contribution is 2.06. The van der Waals surface area contributed by atoms with Crippen molar-refractivity contribution >= 4 is 16.6 Å². The zero-order valence-corrected chi connectivity index (χ0v) is 8.37. The van der Waals surface area contributed by atoms with Crippen molar-refractivity contribution < 1.29 is 13.2 Å². The molecule has 0 bridgehead atoms. The Morgan fingerprint density at radius 2 is 1.93 bits per heavy atom. The molecule has 1 amide bonds. The lowest BCUT2D eigenvalue weighted by Gasteiger charge is -1.99. The van der Waals surface area contributed by atoms with Crippen molar-refractivity contribution in [1.82, 2.24) is 0 Å². The number of carbonyl (C=O) groups excluding carboxylic acids is 1. The second-order valence-electron chi connectivity index (χ2n) is 2.95. The summed E-state index contributed by atoms with van der Waals surface area (Å²) >= 11 is 0. The lowest BCUT2D eigenvalue weighted by atomic mass is 10.1. The molecule has 0 aliphatic rings. The summed E-state index contributed by atoms with van der Waals surface area (Å²) in [6, 6.07) is 6.84. The van der Waals surface area contributed by atoms with Gasteiger partial charge in [0.1, 0.15) is 10.7 Å². The van der Waals surface area contributed by atoms with Crippen LogP contribution < -0.4 is 5.73 Å². The van der Waals surface area contributed by atoms with Crippen molar-refractivity contribution in [3.63, 3.8) is 0 Å². The van der Waals surface area contributed by atoms with Crippen molar-refractivity contribution in [2.45, 2.75) is 12.2 Å². The van der Waals surface area contributed by atoms with E-state index in [9.17, 15) is 13.2 Å². The zero-order valence-electron chi connectivity index (χ0n) is 7.47. The maximum atomic E-state index is 10.6. The zero-order chi connectivity index (χ0) is 10.6. The number of thiol groups is 1. The minimum atomic E-state index is -2.43. The highest BCUT2D eigenvalue weighted by Gasteiger charge is 2.00. The van der Waals surface area contributed by atoms with Gasteiger partial charge < -0.3 is 5.73 Å². The number of hydrogen-bond acceptors (Lipinski definition) is 3. The Hall–Kier alpha value is -1.36. The number of nitrogens with two attached hydrogens (primary N) is 1. The molecule has 0 spiro atoms. The minimum absolute atomic E-state index is 0.00192. The van der Waals surface area contributed by atoms with E-state index in [0.29, 0.717) is 5.56 Å². The fourth-order valence-corrected chi connectivity index (χ4v) is 1.68. The monoisotopic (exact) mass is 213 g/mol. The van der Waals surface area contributed by atoms with Crippen molar-refractivity contribution in [2.75, 3.05) is 0 Å². The Labute approximate surface area is 83.7 Å². The van der Waals surface area contributed by atoms with E-state index in [2.05, 4.69) is 0 Å². The Bertz CT molecular complexity index is 404. The standard InChI is InChI=1S/C9H11NO3S/c10-9(11)5-7-2-1-3-8(4-7)6-14(12)13/h1-4,14H,5-6H2,(H2,10,11). The first kappa shape index (κ1) is 10.7. The van der Waals surface area contributed by atoms with Gasteiger partial charge >= 0.3 is 0 Å². The Balaban J connectivity index is 2.83. The predicted octanol–water partition coefficient (Wildman–Crippen LogP) is -0.174. The number of amides is 1. The molecule has 5 heteroatoms. The van der Waals surface area contributed by atoms with Crippen LogP contribution in [0.25, 0.3) is 0 Å². The van der Waals surface area contributed by atoms with E-state index in [-0.39, 0.29) is 12.2 Å². The second kappa shape index (κ2) is 4.76. The van der Waals surface area contributed by atoms with Gasteiger partial charge in [0.15, 0.2) is 0 Å². The van der Waals surface area contributed by atoms with Crippen LogP contribution in [0.4, 0.5) is 0 Å². The third-order valence-corrected chi connectivity index (χ3v) is 2.30. The van der Waals surface area contributed by atoms with Crippen LogP contribution in [-0.4, -0.2) is 14.3 Å². The highest BCUT2D eigenvalue weighted by molar-refractivity contribution is 7.71. The summed E-state index contributed by atoms with van der Waals surface area (Å²) in [5.74, 6) is -0.421. The average Bonchev–Trinajstić information content (AvgIpc) is 2.01. The van der Waals surface area contributed by atoms with Gasteiger partial charge in [-0.05, 0) is 11.1 Å². The van der Waals surface area contributed by atoms with Crippen LogP contribution in [-0.2, 0) is 27.7 Å². The molecule has 0 atom stereocenters. The van der Waals surface area contributed by atoms with Crippen molar-refractivity contribution in [3.8, 4) is 0 Å². The molecule has 14 heavy (non-hydrogen) atoms. The normalized spacial score (nSPS) is 10.4. The molecule has 0 heterocycles. The number of primary amides is 1. The lowest BCUT2D eigenvalue weighted by Crippen LogP contribution is -2.13. The van der Waals surface area contributed by atoms with Gasteiger partial charge in [0, 0.05) is 0 Å². The van der Waals surface area contributed by atoms with Gasteiger partial charge in [0.2, 0.25) is 5.91 Å². The molecule has 1 rings (SSSR count). The van der Waals surface area contributed by atoms with Crippen LogP contribution in [0, 0.1) is 0 Å². The summed E-state index contributed by atoms with van der Waals surface area (Å²) in [5.41, 5.74) is 6.44. The first-order chi connectivity index (χ1) is 6.58. The van der Waals surface area contributed by atoms with Crippen molar-refractivity contribution in [1.29, 1.82) is 0 Å². The van der Waals surface area contributed by atoms with E-state index in [0.717, 1.165) is 5.56 Å². The van der Waals surface area contributed by atoms with E-state index >= 15 is 0 Å². The van der Waals surface area contributed by atoms with Crippen molar-refractivity contribution in [3.05, 3.63) is 35.4 Å². The van der Waals surface area contributed by atoms with E-state index in [1.165, 1.54) is 0 Å². The first-order valence-corrected chi connectivity index (χ1v) is 5.42. The van der Waals surface area contributed by atoms with Crippen LogP contribution >= 0.6 is 0 Å². The Morgan fingerprint density at radius 1 is 1.29 bits per heavy atom. The number of benzene rings is 1. The summed E-state index contributed by atoms with van der Waals surface area (Å²) < 4.78 is 20.9. The molecular weight excluding hydrogens is 202 g/mol. The molecule has 0 aliphatic carbocycles. The Kier molecular flexibility index (Phi) is 3.64. The van der Waals surface area contributed by atoms with Crippen LogP contribution in [0.2, 0.25) is 0 Å². The fourth-order valence-electron chi connectivity index (χ4n) is 1.19. The van der Waals surface area contributed by atoms with Gasteiger partial charge in [-0.1, -0.05) is 24.3 Å². The van der Waals surface area contributed by atoms with E-state index in [1.807, 2.05) is 0 Å². The van der Waals surface area contributed by atoms with Gasteiger partial charge in [0.25, 0.3) is 0 Å². The van der Waals surface area contributed by atoms with Gasteiger partial charge in [-0.2, -0.15) is 0 Å². The van der Waals surface area contributed by atoms with Gasteiger partial charge in [-0.15, -0.1) is 0 Å². The molecule has 0 radical (unpaired) electrons.